The maximum atomic E-state index is 11.3. The standard InChI is InChI=1S/C12H14O2/c1-12(2,11(14)9-13)8-10-6-4-3-5-7-10/h3-7,9H,8H2,1-2H3. The molecule has 0 saturated heterocycles. The molecule has 0 amide bonds. The highest BCUT2D eigenvalue weighted by molar-refractivity contribution is 6.27. The van der Waals surface area contributed by atoms with Gasteiger partial charge in [-0.25, -0.2) is 0 Å². The molecule has 0 atom stereocenters. The predicted molar refractivity (Wildman–Crippen MR) is 55.0 cm³/mol. The van der Waals surface area contributed by atoms with Gasteiger partial charge in [0.05, 0.1) is 0 Å². The summed E-state index contributed by atoms with van der Waals surface area (Å²) in [5.41, 5.74) is 0.482. The van der Waals surface area contributed by atoms with E-state index in [4.69, 9.17) is 0 Å². The average Bonchev–Trinajstić information content (AvgIpc) is 2.17. The van der Waals surface area contributed by atoms with Crippen molar-refractivity contribution in [2.75, 3.05) is 0 Å². The van der Waals surface area contributed by atoms with Gasteiger partial charge in [-0.2, -0.15) is 0 Å². The smallest absolute Gasteiger partial charge is 0.201 e. The zero-order chi connectivity index (χ0) is 10.6. The topological polar surface area (TPSA) is 34.1 Å². The largest absolute Gasteiger partial charge is 0.295 e. The third-order valence-electron chi connectivity index (χ3n) is 2.26. The van der Waals surface area contributed by atoms with Crippen LogP contribution in [0.2, 0.25) is 0 Å². The second-order valence-corrected chi connectivity index (χ2v) is 4.03. The van der Waals surface area contributed by atoms with Crippen molar-refractivity contribution in [1.29, 1.82) is 0 Å². The molecular formula is C12H14O2. The molecule has 1 aromatic carbocycles. The minimum atomic E-state index is -0.594. The van der Waals surface area contributed by atoms with Crippen LogP contribution in [-0.2, 0) is 16.0 Å². The molecule has 0 bridgehead atoms. The van der Waals surface area contributed by atoms with Gasteiger partial charge in [0.25, 0.3) is 0 Å². The van der Waals surface area contributed by atoms with E-state index in [9.17, 15) is 9.59 Å². The molecule has 1 aromatic rings. The van der Waals surface area contributed by atoms with Crippen LogP contribution >= 0.6 is 0 Å². The number of carbonyl (C=O) groups is 2. The third kappa shape index (κ3) is 2.52. The Morgan fingerprint density at radius 1 is 1.29 bits per heavy atom. The molecule has 0 spiro atoms. The zero-order valence-corrected chi connectivity index (χ0v) is 8.49. The minimum absolute atomic E-state index is 0.346. The Hall–Kier alpha value is -1.44. The number of ketones is 1. The van der Waals surface area contributed by atoms with Crippen molar-refractivity contribution in [2.45, 2.75) is 20.3 Å². The Morgan fingerprint density at radius 3 is 2.36 bits per heavy atom. The lowest BCUT2D eigenvalue weighted by Gasteiger charge is -2.19. The summed E-state index contributed by atoms with van der Waals surface area (Å²) in [7, 11) is 0. The number of benzene rings is 1. The number of Topliss-reactive ketones (excluding diaryl/α,β-unsaturated/α-hetero) is 1. The molecule has 0 N–H and O–H groups in total. The highest BCUT2D eigenvalue weighted by atomic mass is 16.2. The minimum Gasteiger partial charge on any atom is -0.295 e. The zero-order valence-electron chi connectivity index (χ0n) is 8.49. The molecule has 2 nitrogen and oxygen atoms in total. The fourth-order valence-electron chi connectivity index (χ4n) is 1.35. The SMILES string of the molecule is CC(C)(Cc1ccccc1)C(=O)C=O. The van der Waals surface area contributed by atoms with Crippen molar-refractivity contribution in [3.8, 4) is 0 Å². The number of carbonyl (C=O) groups excluding carboxylic acids is 2. The molecule has 14 heavy (non-hydrogen) atoms. The quantitative estimate of drug-likeness (QED) is 0.537. The molecule has 0 unspecified atom stereocenters. The van der Waals surface area contributed by atoms with Crippen molar-refractivity contribution in [2.24, 2.45) is 5.41 Å². The van der Waals surface area contributed by atoms with Gasteiger partial charge < -0.3 is 0 Å². The summed E-state index contributed by atoms with van der Waals surface area (Å²) in [5.74, 6) is -0.346. The molecule has 74 valence electrons. The molecular weight excluding hydrogens is 176 g/mol. The van der Waals surface area contributed by atoms with Gasteiger partial charge in [0.1, 0.15) is 0 Å². The van der Waals surface area contributed by atoms with Crippen LogP contribution in [0.4, 0.5) is 0 Å². The van der Waals surface area contributed by atoms with Crippen LogP contribution in [0.15, 0.2) is 30.3 Å². The Balaban J connectivity index is 2.78. The first-order chi connectivity index (χ1) is 6.56. The second-order valence-electron chi connectivity index (χ2n) is 4.03. The molecule has 1 rings (SSSR count). The molecule has 0 saturated carbocycles. The highest BCUT2D eigenvalue weighted by Gasteiger charge is 2.26. The van der Waals surface area contributed by atoms with E-state index >= 15 is 0 Å². The summed E-state index contributed by atoms with van der Waals surface area (Å²) < 4.78 is 0. The van der Waals surface area contributed by atoms with Crippen LogP contribution in [0.1, 0.15) is 19.4 Å². The Bertz CT molecular complexity index is 325. The molecule has 0 radical (unpaired) electrons. The van der Waals surface area contributed by atoms with Gasteiger partial charge in [0.15, 0.2) is 6.29 Å². The van der Waals surface area contributed by atoms with Gasteiger partial charge in [-0.05, 0) is 12.0 Å². The fraction of sp³-hybridized carbons (Fsp3) is 0.333. The normalized spacial score (nSPS) is 11.0. The molecule has 0 aromatic heterocycles. The third-order valence-corrected chi connectivity index (χ3v) is 2.26. The Morgan fingerprint density at radius 2 is 1.86 bits per heavy atom. The van der Waals surface area contributed by atoms with Crippen molar-refractivity contribution < 1.29 is 9.59 Å². The molecule has 0 fully saturated rings. The van der Waals surface area contributed by atoms with E-state index in [-0.39, 0.29) is 5.78 Å². The highest BCUT2D eigenvalue weighted by Crippen LogP contribution is 2.21. The lowest BCUT2D eigenvalue weighted by molar-refractivity contribution is -0.135. The van der Waals surface area contributed by atoms with E-state index < -0.39 is 5.41 Å². The van der Waals surface area contributed by atoms with Crippen LogP contribution in [0.5, 0.6) is 0 Å². The summed E-state index contributed by atoms with van der Waals surface area (Å²) in [6.45, 7) is 3.58. The van der Waals surface area contributed by atoms with Gasteiger partial charge in [-0.1, -0.05) is 44.2 Å². The van der Waals surface area contributed by atoms with E-state index in [1.807, 2.05) is 30.3 Å². The summed E-state index contributed by atoms with van der Waals surface area (Å²) in [6.07, 6.45) is 1.01. The molecule has 0 aliphatic carbocycles. The average molecular weight is 190 g/mol. The van der Waals surface area contributed by atoms with Crippen molar-refractivity contribution in [1.82, 2.24) is 0 Å². The van der Waals surface area contributed by atoms with Crippen LogP contribution in [0, 0.1) is 5.41 Å². The molecule has 0 aliphatic heterocycles. The van der Waals surface area contributed by atoms with Crippen LogP contribution in [-0.4, -0.2) is 12.1 Å². The predicted octanol–water partition coefficient (Wildman–Crippen LogP) is 2.02. The first-order valence-electron chi connectivity index (χ1n) is 4.60. The van der Waals surface area contributed by atoms with E-state index in [1.54, 1.807) is 13.8 Å². The summed E-state index contributed by atoms with van der Waals surface area (Å²) in [5, 5.41) is 0. The number of hydrogen-bond donors (Lipinski definition) is 0. The van der Waals surface area contributed by atoms with Gasteiger partial charge >= 0.3 is 0 Å². The summed E-state index contributed by atoms with van der Waals surface area (Å²) in [6, 6.07) is 9.70. The van der Waals surface area contributed by atoms with Gasteiger partial charge in [0, 0.05) is 5.41 Å². The lowest BCUT2D eigenvalue weighted by atomic mass is 9.82. The Labute approximate surface area is 83.9 Å². The van der Waals surface area contributed by atoms with Crippen molar-refractivity contribution in [3.63, 3.8) is 0 Å². The van der Waals surface area contributed by atoms with Gasteiger partial charge in [-0.15, -0.1) is 0 Å². The number of rotatable bonds is 4. The second kappa shape index (κ2) is 4.18. The van der Waals surface area contributed by atoms with Crippen molar-refractivity contribution >= 4 is 12.1 Å². The van der Waals surface area contributed by atoms with Crippen LogP contribution < -0.4 is 0 Å². The van der Waals surface area contributed by atoms with E-state index in [2.05, 4.69) is 0 Å². The van der Waals surface area contributed by atoms with Crippen molar-refractivity contribution in [3.05, 3.63) is 35.9 Å². The van der Waals surface area contributed by atoms with Crippen LogP contribution in [0.3, 0.4) is 0 Å². The fourth-order valence-corrected chi connectivity index (χ4v) is 1.35. The number of hydrogen-bond acceptors (Lipinski definition) is 2. The Kier molecular flexibility index (Phi) is 3.18. The van der Waals surface area contributed by atoms with E-state index in [0.29, 0.717) is 12.7 Å². The number of aldehydes is 1. The molecule has 0 heterocycles. The van der Waals surface area contributed by atoms with E-state index in [0.717, 1.165) is 5.56 Å². The molecule has 0 aliphatic rings. The van der Waals surface area contributed by atoms with Gasteiger partial charge in [-0.3, -0.25) is 9.59 Å². The van der Waals surface area contributed by atoms with Gasteiger partial charge in [0.2, 0.25) is 5.78 Å². The van der Waals surface area contributed by atoms with Crippen LogP contribution in [0.25, 0.3) is 0 Å². The monoisotopic (exact) mass is 190 g/mol. The molecule has 2 heteroatoms. The summed E-state index contributed by atoms with van der Waals surface area (Å²) >= 11 is 0. The first-order valence-corrected chi connectivity index (χ1v) is 4.60. The summed E-state index contributed by atoms with van der Waals surface area (Å²) in [4.78, 5) is 21.7. The lowest BCUT2D eigenvalue weighted by Crippen LogP contribution is -2.27. The van der Waals surface area contributed by atoms with E-state index in [1.165, 1.54) is 0 Å². The maximum absolute atomic E-state index is 11.3. The maximum Gasteiger partial charge on any atom is 0.201 e. The first kappa shape index (κ1) is 10.6.